The number of halogens is 1. The van der Waals surface area contributed by atoms with Gasteiger partial charge in [-0.25, -0.2) is 21.8 Å². The summed E-state index contributed by atoms with van der Waals surface area (Å²) in [6, 6.07) is 16.1. The van der Waals surface area contributed by atoms with Crippen molar-refractivity contribution < 1.29 is 21.6 Å². The van der Waals surface area contributed by atoms with E-state index in [2.05, 4.69) is 19.7 Å². The van der Waals surface area contributed by atoms with Crippen molar-refractivity contribution in [3.8, 4) is 0 Å². The van der Waals surface area contributed by atoms with Gasteiger partial charge in [-0.15, -0.1) is 11.3 Å². The molecule has 4 rings (SSSR count). The highest BCUT2D eigenvalue weighted by atomic mass is 35.5. The second-order valence-corrected chi connectivity index (χ2v) is 12.2. The Bertz CT molecular complexity index is 1610. The third kappa shape index (κ3) is 6.02. The third-order valence-corrected chi connectivity index (χ3v) is 8.90. The Morgan fingerprint density at radius 2 is 1.53 bits per heavy atom. The second-order valence-electron chi connectivity index (χ2n) is 7.54. The van der Waals surface area contributed by atoms with E-state index in [-0.39, 0.29) is 25.5 Å². The van der Waals surface area contributed by atoms with Gasteiger partial charge < -0.3 is 5.32 Å². The summed E-state index contributed by atoms with van der Waals surface area (Å²) in [5, 5.41) is 4.44. The Morgan fingerprint density at radius 1 is 0.861 bits per heavy atom. The fourth-order valence-corrected chi connectivity index (χ4v) is 6.42. The van der Waals surface area contributed by atoms with Crippen molar-refractivity contribution in [2.75, 3.05) is 14.8 Å². The van der Waals surface area contributed by atoms with Crippen LogP contribution in [0.1, 0.15) is 15.9 Å². The van der Waals surface area contributed by atoms with E-state index in [0.29, 0.717) is 11.4 Å². The Labute approximate surface area is 217 Å². The van der Waals surface area contributed by atoms with Gasteiger partial charge >= 0.3 is 0 Å². The normalized spacial score (nSPS) is 11.6. The summed E-state index contributed by atoms with van der Waals surface area (Å²) in [6.07, 6.45) is 1.48. The fourth-order valence-electron chi connectivity index (χ4n) is 3.05. The number of nitrogens with zero attached hydrogens (tertiary/aromatic N) is 1. The van der Waals surface area contributed by atoms with Crippen molar-refractivity contribution in [2.24, 2.45) is 0 Å². The van der Waals surface area contributed by atoms with Gasteiger partial charge in [0.1, 0.15) is 4.90 Å². The van der Waals surface area contributed by atoms with E-state index in [0.717, 1.165) is 16.9 Å². The molecular formula is C23H19ClN4O5S3. The summed E-state index contributed by atoms with van der Waals surface area (Å²) in [5.74, 6) is -0.602. The highest BCUT2D eigenvalue weighted by Crippen LogP contribution is 2.26. The van der Waals surface area contributed by atoms with Crippen LogP contribution >= 0.6 is 22.9 Å². The molecule has 4 aromatic rings. The van der Waals surface area contributed by atoms with Crippen molar-refractivity contribution >= 4 is 65.4 Å². The molecule has 0 saturated heterocycles. The minimum Gasteiger partial charge on any atom is -0.322 e. The number of amides is 1. The van der Waals surface area contributed by atoms with Crippen molar-refractivity contribution in [1.29, 1.82) is 0 Å². The van der Waals surface area contributed by atoms with Gasteiger partial charge in [0, 0.05) is 28.5 Å². The summed E-state index contributed by atoms with van der Waals surface area (Å²) in [6.45, 7) is 1.88. The van der Waals surface area contributed by atoms with E-state index < -0.39 is 26.0 Å². The van der Waals surface area contributed by atoms with E-state index in [1.165, 1.54) is 48.7 Å². The molecule has 3 N–H and O–H groups in total. The van der Waals surface area contributed by atoms with E-state index in [4.69, 9.17) is 11.6 Å². The lowest BCUT2D eigenvalue weighted by molar-refractivity contribution is 0.102. The quantitative estimate of drug-likeness (QED) is 0.278. The zero-order chi connectivity index (χ0) is 25.9. The van der Waals surface area contributed by atoms with Gasteiger partial charge in [0.25, 0.3) is 26.0 Å². The van der Waals surface area contributed by atoms with Gasteiger partial charge in [0.2, 0.25) is 0 Å². The number of nitrogens with one attached hydrogen (secondary N) is 3. The van der Waals surface area contributed by atoms with Crippen molar-refractivity contribution in [1.82, 2.24) is 4.98 Å². The molecule has 0 radical (unpaired) electrons. The van der Waals surface area contributed by atoms with Gasteiger partial charge in [-0.1, -0.05) is 29.3 Å². The van der Waals surface area contributed by atoms with Gasteiger partial charge in [-0.3, -0.25) is 14.2 Å². The zero-order valence-corrected chi connectivity index (χ0v) is 21.8. The van der Waals surface area contributed by atoms with E-state index in [1.54, 1.807) is 29.6 Å². The van der Waals surface area contributed by atoms with Gasteiger partial charge in [0.05, 0.1) is 9.92 Å². The van der Waals surface area contributed by atoms with Crippen LogP contribution in [-0.4, -0.2) is 27.7 Å². The number of benzene rings is 3. The Balaban J connectivity index is 1.50. The summed E-state index contributed by atoms with van der Waals surface area (Å²) in [5.41, 5.74) is 1.68. The lowest BCUT2D eigenvalue weighted by Gasteiger charge is -2.12. The maximum Gasteiger partial charge on any atom is 0.263 e. The van der Waals surface area contributed by atoms with E-state index >= 15 is 0 Å². The molecule has 0 saturated carbocycles. The molecule has 0 unspecified atom stereocenters. The van der Waals surface area contributed by atoms with Crippen molar-refractivity contribution in [2.45, 2.75) is 16.7 Å². The van der Waals surface area contributed by atoms with Gasteiger partial charge in [0.15, 0.2) is 5.13 Å². The van der Waals surface area contributed by atoms with Crippen LogP contribution in [0.2, 0.25) is 5.02 Å². The number of aryl methyl sites for hydroxylation is 1. The number of thiazole rings is 1. The molecular weight excluding hydrogens is 544 g/mol. The highest BCUT2D eigenvalue weighted by Gasteiger charge is 2.21. The number of carbonyl (C=O) groups excluding carboxylic acids is 1. The molecule has 3 aromatic carbocycles. The first-order valence-corrected chi connectivity index (χ1v) is 14.5. The smallest absolute Gasteiger partial charge is 0.263 e. The fraction of sp³-hybridized carbons (Fsp3) is 0.0435. The minimum atomic E-state index is -4.07. The summed E-state index contributed by atoms with van der Waals surface area (Å²) >= 11 is 7.27. The van der Waals surface area contributed by atoms with E-state index in [1.807, 2.05) is 6.92 Å². The Morgan fingerprint density at radius 3 is 2.17 bits per heavy atom. The lowest BCUT2D eigenvalue weighted by Crippen LogP contribution is -2.16. The SMILES string of the molecule is Cc1ccc(NS(=O)(=O)c2cc(C(=O)Nc3ccc(S(=O)(=O)Nc4nccs4)cc3)ccc2Cl)cc1. The Kier molecular flexibility index (Phi) is 7.31. The predicted octanol–water partition coefficient (Wildman–Crippen LogP) is 4.96. The maximum atomic E-state index is 12.9. The summed E-state index contributed by atoms with van der Waals surface area (Å²) < 4.78 is 55.5. The number of sulfonamides is 2. The van der Waals surface area contributed by atoms with Crippen molar-refractivity contribution in [3.05, 3.63) is 94.5 Å². The largest absolute Gasteiger partial charge is 0.322 e. The second kappa shape index (κ2) is 10.3. The van der Waals surface area contributed by atoms with Crippen LogP contribution in [0.25, 0.3) is 0 Å². The average molecular weight is 563 g/mol. The molecule has 1 heterocycles. The third-order valence-electron chi connectivity index (χ3n) is 4.86. The monoisotopic (exact) mass is 562 g/mol. The standard InChI is InChI=1S/C23H19ClN4O5S3/c1-15-2-5-18(6-3-15)27-36(32,33)21-14-16(4-11-20(21)24)22(29)26-17-7-9-19(10-8-17)35(30,31)28-23-25-12-13-34-23/h2-14,27H,1H3,(H,25,28)(H,26,29). The van der Waals surface area contributed by atoms with Crippen LogP contribution < -0.4 is 14.8 Å². The van der Waals surface area contributed by atoms with Crippen LogP contribution in [0, 0.1) is 6.92 Å². The maximum absolute atomic E-state index is 12.9. The van der Waals surface area contributed by atoms with Crippen LogP contribution in [-0.2, 0) is 20.0 Å². The van der Waals surface area contributed by atoms with Crippen LogP contribution in [0.4, 0.5) is 16.5 Å². The number of hydrogen-bond acceptors (Lipinski definition) is 7. The predicted molar refractivity (Wildman–Crippen MR) is 141 cm³/mol. The molecule has 0 aliphatic rings. The molecule has 0 spiro atoms. The van der Waals surface area contributed by atoms with Gasteiger partial charge in [-0.2, -0.15) is 0 Å². The molecule has 13 heteroatoms. The minimum absolute atomic E-state index is 0.0160. The Hall–Kier alpha value is -3.45. The molecule has 0 aliphatic heterocycles. The lowest BCUT2D eigenvalue weighted by atomic mass is 10.2. The number of anilines is 3. The van der Waals surface area contributed by atoms with Crippen molar-refractivity contribution in [3.63, 3.8) is 0 Å². The first kappa shape index (κ1) is 25.6. The molecule has 1 aromatic heterocycles. The molecule has 0 bridgehead atoms. The average Bonchev–Trinajstić information content (AvgIpc) is 3.33. The number of aromatic nitrogens is 1. The summed E-state index contributed by atoms with van der Waals surface area (Å²) in [4.78, 5) is 16.4. The molecule has 9 nitrogen and oxygen atoms in total. The summed E-state index contributed by atoms with van der Waals surface area (Å²) in [7, 11) is -7.91. The molecule has 1 amide bonds. The zero-order valence-electron chi connectivity index (χ0n) is 18.6. The van der Waals surface area contributed by atoms with Crippen LogP contribution in [0.5, 0.6) is 0 Å². The molecule has 0 atom stereocenters. The van der Waals surface area contributed by atoms with Crippen LogP contribution in [0.3, 0.4) is 0 Å². The first-order chi connectivity index (χ1) is 17.0. The molecule has 0 fully saturated rings. The molecule has 36 heavy (non-hydrogen) atoms. The first-order valence-electron chi connectivity index (χ1n) is 10.3. The topological polar surface area (TPSA) is 134 Å². The van der Waals surface area contributed by atoms with Crippen LogP contribution in [0.15, 0.2) is 88.1 Å². The highest BCUT2D eigenvalue weighted by molar-refractivity contribution is 7.93. The number of rotatable bonds is 8. The van der Waals surface area contributed by atoms with Gasteiger partial charge in [-0.05, 0) is 61.5 Å². The molecule has 186 valence electrons. The number of hydrogen-bond donors (Lipinski definition) is 3. The van der Waals surface area contributed by atoms with E-state index in [9.17, 15) is 21.6 Å². The molecule has 0 aliphatic carbocycles. The number of carbonyl (C=O) groups is 1.